The van der Waals surface area contributed by atoms with Gasteiger partial charge in [-0.1, -0.05) is 74.7 Å². The third-order valence-corrected chi connectivity index (χ3v) is 6.39. The van der Waals surface area contributed by atoms with E-state index in [4.69, 9.17) is 4.74 Å². The number of aliphatic hydroxyl groups is 1. The Hall–Kier alpha value is -3.39. The highest BCUT2D eigenvalue weighted by Crippen LogP contribution is 2.29. The Morgan fingerprint density at radius 1 is 0.949 bits per heavy atom. The molecule has 0 aliphatic rings. The molecule has 214 valence electrons. The predicted molar refractivity (Wildman–Crippen MR) is 153 cm³/mol. The number of alkyl carbamates (subject to hydrolysis) is 1. The Kier molecular flexibility index (Phi) is 12.5. The summed E-state index contributed by atoms with van der Waals surface area (Å²) in [5.74, 6) is -0.864. The first-order valence-electron chi connectivity index (χ1n) is 13.8. The maximum absolute atomic E-state index is 14.0. The molecule has 2 atom stereocenters. The van der Waals surface area contributed by atoms with Crippen LogP contribution in [-0.2, 0) is 20.9 Å². The molecule has 3 amide bonds. The van der Waals surface area contributed by atoms with Gasteiger partial charge in [-0.2, -0.15) is 0 Å². The Labute approximate surface area is 233 Å². The zero-order valence-electron chi connectivity index (χ0n) is 24.3. The van der Waals surface area contributed by atoms with Crippen LogP contribution in [0.2, 0.25) is 0 Å². The van der Waals surface area contributed by atoms with Crippen molar-refractivity contribution in [2.75, 3.05) is 13.2 Å². The van der Waals surface area contributed by atoms with E-state index >= 15 is 0 Å². The lowest BCUT2D eigenvalue weighted by Gasteiger charge is -2.35. The lowest BCUT2D eigenvalue weighted by Crippen LogP contribution is -2.54. The van der Waals surface area contributed by atoms with Crippen LogP contribution in [0.5, 0.6) is 0 Å². The van der Waals surface area contributed by atoms with Gasteiger partial charge in [-0.15, -0.1) is 0 Å². The summed E-state index contributed by atoms with van der Waals surface area (Å²) in [5, 5.41) is 15.6. The van der Waals surface area contributed by atoms with E-state index in [0.717, 1.165) is 41.5 Å². The van der Waals surface area contributed by atoms with E-state index in [1.165, 1.54) is 4.90 Å². The van der Waals surface area contributed by atoms with Gasteiger partial charge >= 0.3 is 6.09 Å². The third kappa shape index (κ3) is 10.0. The van der Waals surface area contributed by atoms with Gasteiger partial charge < -0.3 is 25.4 Å². The van der Waals surface area contributed by atoms with Crippen LogP contribution >= 0.6 is 0 Å². The van der Waals surface area contributed by atoms with Crippen LogP contribution in [0, 0.1) is 13.8 Å². The Balaban J connectivity index is 2.47. The number of carbonyl (C=O) groups excluding carboxylic acids is 3. The summed E-state index contributed by atoms with van der Waals surface area (Å²) in [6.07, 6.45) is 2.77. The smallest absolute Gasteiger partial charge is 0.408 e. The molecule has 39 heavy (non-hydrogen) atoms. The average molecular weight is 540 g/mol. The molecule has 0 bridgehead atoms. The predicted octanol–water partition coefficient (Wildman–Crippen LogP) is 4.96. The number of carbonyl (C=O) groups is 3. The van der Waals surface area contributed by atoms with Gasteiger partial charge in [0.2, 0.25) is 11.8 Å². The van der Waals surface area contributed by atoms with Crippen molar-refractivity contribution >= 4 is 17.9 Å². The number of benzene rings is 2. The van der Waals surface area contributed by atoms with E-state index in [1.807, 2.05) is 62.4 Å². The number of aryl methyl sites for hydroxylation is 2. The number of nitrogens with one attached hydrogen (secondary N) is 2. The topological polar surface area (TPSA) is 108 Å². The Morgan fingerprint density at radius 2 is 1.59 bits per heavy atom. The molecule has 0 aliphatic heterocycles. The van der Waals surface area contributed by atoms with Crippen molar-refractivity contribution in [1.29, 1.82) is 0 Å². The van der Waals surface area contributed by atoms with Gasteiger partial charge in [-0.05, 0) is 63.3 Å². The monoisotopic (exact) mass is 539 g/mol. The molecule has 0 spiro atoms. The number of aliphatic hydroxyl groups excluding tert-OH is 1. The van der Waals surface area contributed by atoms with Gasteiger partial charge in [0.1, 0.15) is 17.7 Å². The average Bonchev–Trinajstić information content (AvgIpc) is 2.88. The van der Waals surface area contributed by atoms with Crippen LogP contribution in [0.25, 0.3) is 0 Å². The van der Waals surface area contributed by atoms with Crippen LogP contribution in [0.15, 0.2) is 48.5 Å². The molecule has 0 fully saturated rings. The molecule has 2 aromatic rings. The van der Waals surface area contributed by atoms with Gasteiger partial charge in [0.25, 0.3) is 0 Å². The normalized spacial score (nSPS) is 12.8. The number of hydrogen-bond acceptors (Lipinski definition) is 5. The van der Waals surface area contributed by atoms with E-state index in [1.54, 1.807) is 20.8 Å². The van der Waals surface area contributed by atoms with Gasteiger partial charge in [0.05, 0.1) is 6.61 Å². The lowest BCUT2D eigenvalue weighted by molar-refractivity contribution is -0.143. The van der Waals surface area contributed by atoms with Crippen LogP contribution in [0.3, 0.4) is 0 Å². The molecule has 0 radical (unpaired) electrons. The minimum atomic E-state index is -1.26. The Bertz CT molecular complexity index is 1060. The highest BCUT2D eigenvalue weighted by Gasteiger charge is 2.37. The summed E-state index contributed by atoms with van der Waals surface area (Å²) < 4.78 is 5.32. The van der Waals surface area contributed by atoms with Gasteiger partial charge in [0.15, 0.2) is 0 Å². The molecule has 2 unspecified atom stereocenters. The van der Waals surface area contributed by atoms with Crippen LogP contribution in [0.1, 0.15) is 81.7 Å². The van der Waals surface area contributed by atoms with Crippen molar-refractivity contribution in [2.45, 2.75) is 91.5 Å². The maximum atomic E-state index is 14.0. The molecule has 0 aromatic heterocycles. The zero-order valence-corrected chi connectivity index (χ0v) is 24.3. The maximum Gasteiger partial charge on any atom is 0.408 e. The number of unbranched alkanes of at least 4 members (excludes halogenated alkanes) is 3. The van der Waals surface area contributed by atoms with Crippen LogP contribution < -0.4 is 10.6 Å². The fourth-order valence-corrected chi connectivity index (χ4v) is 4.48. The summed E-state index contributed by atoms with van der Waals surface area (Å²) in [6.45, 7) is 11.1. The molecule has 3 N–H and O–H groups in total. The SMILES string of the molecule is CCCCCCN(C(=O)C(CO)NC(=O)OC(C)(C)C)C(C(=O)NCc1ccccc1)c1c(C)cccc1C. The molecular formula is C31H45N3O5. The zero-order chi connectivity index (χ0) is 29.0. The second-order valence-corrected chi connectivity index (χ2v) is 10.9. The lowest BCUT2D eigenvalue weighted by atomic mass is 9.93. The number of ether oxygens (including phenoxy) is 1. The Morgan fingerprint density at radius 3 is 2.15 bits per heavy atom. The fraction of sp³-hybridized carbons (Fsp3) is 0.516. The molecule has 8 heteroatoms. The second kappa shape index (κ2) is 15.3. The summed E-state index contributed by atoms with van der Waals surface area (Å²) >= 11 is 0. The minimum absolute atomic E-state index is 0.294. The summed E-state index contributed by atoms with van der Waals surface area (Å²) in [7, 11) is 0. The van der Waals surface area contributed by atoms with E-state index in [0.29, 0.717) is 19.5 Å². The van der Waals surface area contributed by atoms with Crippen molar-refractivity contribution in [3.05, 3.63) is 70.8 Å². The highest BCUT2D eigenvalue weighted by molar-refractivity contribution is 5.92. The molecule has 0 saturated carbocycles. The number of rotatable bonds is 13. The van der Waals surface area contributed by atoms with Gasteiger partial charge in [-0.25, -0.2) is 4.79 Å². The molecule has 0 heterocycles. The van der Waals surface area contributed by atoms with Crippen molar-refractivity contribution in [3.8, 4) is 0 Å². The summed E-state index contributed by atoms with van der Waals surface area (Å²) in [6, 6.07) is 13.1. The van der Waals surface area contributed by atoms with E-state index in [9.17, 15) is 19.5 Å². The second-order valence-electron chi connectivity index (χ2n) is 10.9. The largest absolute Gasteiger partial charge is 0.444 e. The van der Waals surface area contributed by atoms with Crippen molar-refractivity contribution in [3.63, 3.8) is 0 Å². The van der Waals surface area contributed by atoms with E-state index < -0.39 is 36.3 Å². The third-order valence-electron chi connectivity index (χ3n) is 6.39. The molecule has 0 aliphatic carbocycles. The first-order valence-corrected chi connectivity index (χ1v) is 13.8. The van der Waals surface area contributed by atoms with Crippen LogP contribution in [-0.4, -0.2) is 52.7 Å². The molecule has 2 rings (SSSR count). The number of nitrogens with zero attached hydrogens (tertiary/aromatic N) is 1. The first kappa shape index (κ1) is 31.8. The van der Waals surface area contributed by atoms with Crippen molar-refractivity contribution in [2.24, 2.45) is 0 Å². The van der Waals surface area contributed by atoms with E-state index in [-0.39, 0.29) is 5.91 Å². The molecule has 8 nitrogen and oxygen atoms in total. The standard InChI is InChI=1S/C31H45N3O5/c1-7-8-9-13-19-34(29(37)25(21-35)33-30(38)39-31(4,5)6)27(26-22(2)15-14-16-23(26)3)28(36)32-20-24-17-11-10-12-18-24/h10-12,14-18,25,27,35H,7-9,13,19-21H2,1-6H3,(H,32,36)(H,33,38). The molecular weight excluding hydrogens is 494 g/mol. The van der Waals surface area contributed by atoms with Gasteiger partial charge in [0, 0.05) is 13.1 Å². The van der Waals surface area contributed by atoms with Crippen molar-refractivity contribution in [1.82, 2.24) is 15.5 Å². The quantitative estimate of drug-likeness (QED) is 0.312. The van der Waals surface area contributed by atoms with Crippen LogP contribution in [0.4, 0.5) is 4.79 Å². The fourth-order valence-electron chi connectivity index (χ4n) is 4.48. The summed E-state index contributed by atoms with van der Waals surface area (Å²) in [4.78, 5) is 41.9. The summed E-state index contributed by atoms with van der Waals surface area (Å²) in [5.41, 5.74) is 2.65. The number of hydrogen-bond donors (Lipinski definition) is 3. The molecule has 2 aromatic carbocycles. The van der Waals surface area contributed by atoms with Crippen molar-refractivity contribution < 1.29 is 24.2 Å². The highest BCUT2D eigenvalue weighted by atomic mass is 16.6. The van der Waals surface area contributed by atoms with E-state index in [2.05, 4.69) is 17.6 Å². The minimum Gasteiger partial charge on any atom is -0.444 e. The molecule has 0 saturated heterocycles. The van der Waals surface area contributed by atoms with Gasteiger partial charge in [-0.3, -0.25) is 9.59 Å². The first-order chi connectivity index (χ1) is 18.5. The number of amides is 3.